The molecule has 26 heavy (non-hydrogen) atoms. The average Bonchev–Trinajstić information content (AvgIpc) is 3.16. The van der Waals surface area contributed by atoms with Gasteiger partial charge in [-0.2, -0.15) is 0 Å². The lowest BCUT2D eigenvalue weighted by Gasteiger charge is -2.27. The number of rotatable bonds is 9. The Morgan fingerprint density at radius 2 is 1.92 bits per heavy atom. The van der Waals surface area contributed by atoms with Gasteiger partial charge in [0, 0.05) is 31.8 Å². The fourth-order valence-corrected chi connectivity index (χ4v) is 3.21. The minimum atomic E-state index is -0.664. The number of aliphatic hydroxyl groups is 1. The number of ether oxygens (including phenoxy) is 2. The number of hydrogen-bond donors (Lipinski definition) is 1. The molecule has 0 unspecified atom stereocenters. The highest BCUT2D eigenvalue weighted by atomic mass is 19.1. The van der Waals surface area contributed by atoms with Gasteiger partial charge in [-0.05, 0) is 31.0 Å². The zero-order valence-corrected chi connectivity index (χ0v) is 14.9. The summed E-state index contributed by atoms with van der Waals surface area (Å²) in [4.78, 5) is 2.05. The van der Waals surface area contributed by atoms with Crippen molar-refractivity contribution < 1.29 is 19.0 Å². The number of nitrogens with zero attached hydrogens (tertiary/aromatic N) is 1. The van der Waals surface area contributed by atoms with Crippen LogP contribution in [0.25, 0.3) is 0 Å². The predicted octanol–water partition coefficient (Wildman–Crippen LogP) is 3.25. The van der Waals surface area contributed by atoms with Crippen LogP contribution in [0.2, 0.25) is 0 Å². The maximum Gasteiger partial charge on any atom is 0.127 e. The summed E-state index contributed by atoms with van der Waals surface area (Å²) in [6, 6.07) is 16.2. The Morgan fingerprint density at radius 3 is 2.65 bits per heavy atom. The normalized spacial score (nSPS) is 18.2. The maximum atomic E-state index is 14.0. The van der Waals surface area contributed by atoms with Crippen molar-refractivity contribution in [3.8, 4) is 5.75 Å². The van der Waals surface area contributed by atoms with Gasteiger partial charge in [0.05, 0.1) is 6.10 Å². The van der Waals surface area contributed by atoms with E-state index in [1.807, 2.05) is 41.3 Å². The van der Waals surface area contributed by atoms with Crippen molar-refractivity contribution in [1.82, 2.24) is 4.90 Å². The molecule has 5 heteroatoms. The Hall–Kier alpha value is -1.95. The third-order valence-corrected chi connectivity index (χ3v) is 4.49. The molecule has 1 heterocycles. The van der Waals surface area contributed by atoms with Crippen LogP contribution in [0.3, 0.4) is 0 Å². The molecule has 0 amide bonds. The molecule has 140 valence electrons. The van der Waals surface area contributed by atoms with Gasteiger partial charge in [0.15, 0.2) is 0 Å². The molecule has 0 spiro atoms. The fraction of sp³-hybridized carbons (Fsp3) is 0.429. The van der Waals surface area contributed by atoms with Gasteiger partial charge in [-0.1, -0.05) is 36.4 Å². The third kappa shape index (κ3) is 5.80. The maximum absolute atomic E-state index is 14.0. The second-order valence-corrected chi connectivity index (χ2v) is 6.70. The summed E-state index contributed by atoms with van der Waals surface area (Å²) in [5.41, 5.74) is 0.627. The van der Waals surface area contributed by atoms with Crippen LogP contribution < -0.4 is 4.74 Å². The van der Waals surface area contributed by atoms with Gasteiger partial charge in [0.25, 0.3) is 0 Å². The summed E-state index contributed by atoms with van der Waals surface area (Å²) in [6.45, 7) is 2.49. The van der Waals surface area contributed by atoms with Gasteiger partial charge in [-0.15, -0.1) is 0 Å². The molecule has 3 rings (SSSR count). The molecule has 0 saturated carbocycles. The lowest BCUT2D eigenvalue weighted by atomic mass is 10.1. The summed E-state index contributed by atoms with van der Waals surface area (Å²) < 4.78 is 25.4. The van der Waals surface area contributed by atoms with Crippen molar-refractivity contribution >= 4 is 0 Å². The quantitative estimate of drug-likeness (QED) is 0.746. The first kappa shape index (κ1) is 18.8. The number of halogens is 1. The monoisotopic (exact) mass is 359 g/mol. The van der Waals surface area contributed by atoms with Crippen LogP contribution in [0.15, 0.2) is 54.6 Å². The average molecular weight is 359 g/mol. The van der Waals surface area contributed by atoms with Crippen molar-refractivity contribution in [2.75, 3.05) is 26.3 Å². The van der Waals surface area contributed by atoms with Crippen molar-refractivity contribution in [3.63, 3.8) is 0 Å². The molecule has 0 radical (unpaired) electrons. The van der Waals surface area contributed by atoms with Gasteiger partial charge >= 0.3 is 0 Å². The lowest BCUT2D eigenvalue weighted by molar-refractivity contribution is 0.0310. The summed E-state index contributed by atoms with van der Waals surface area (Å²) in [5.74, 6) is 0.506. The van der Waals surface area contributed by atoms with Crippen LogP contribution in [0, 0.1) is 5.82 Å². The van der Waals surface area contributed by atoms with Crippen molar-refractivity contribution in [2.24, 2.45) is 0 Å². The molecule has 2 aromatic rings. The van der Waals surface area contributed by atoms with Gasteiger partial charge in [0.2, 0.25) is 0 Å². The Morgan fingerprint density at radius 1 is 1.15 bits per heavy atom. The van der Waals surface area contributed by atoms with Crippen molar-refractivity contribution in [1.29, 1.82) is 0 Å². The van der Waals surface area contributed by atoms with E-state index >= 15 is 0 Å². The molecule has 1 aliphatic heterocycles. The largest absolute Gasteiger partial charge is 0.491 e. The standard InChI is InChI=1S/C21H26FNO3/c22-21-11-5-4-7-17(21)13-23(15-20-10-6-12-25-20)14-18(24)16-26-19-8-2-1-3-9-19/h1-5,7-9,11,18,20,24H,6,10,12-16H2/t18-,20-/m1/s1. The molecular weight excluding hydrogens is 333 g/mol. The van der Waals surface area contributed by atoms with E-state index in [1.54, 1.807) is 12.1 Å². The van der Waals surface area contributed by atoms with E-state index < -0.39 is 6.10 Å². The van der Waals surface area contributed by atoms with Crippen LogP contribution >= 0.6 is 0 Å². The highest BCUT2D eigenvalue weighted by Crippen LogP contribution is 2.17. The van der Waals surface area contributed by atoms with Crippen LogP contribution in [0.4, 0.5) is 4.39 Å². The van der Waals surface area contributed by atoms with E-state index in [1.165, 1.54) is 6.07 Å². The van der Waals surface area contributed by atoms with Crippen LogP contribution in [-0.2, 0) is 11.3 Å². The predicted molar refractivity (Wildman–Crippen MR) is 98.6 cm³/mol. The Bertz CT molecular complexity index is 661. The number of aliphatic hydroxyl groups excluding tert-OH is 1. The van der Waals surface area contributed by atoms with Crippen LogP contribution in [0.5, 0.6) is 5.75 Å². The van der Waals surface area contributed by atoms with Gasteiger partial charge in [0.1, 0.15) is 24.3 Å². The Kier molecular flexibility index (Phi) is 7.00. The first-order valence-electron chi connectivity index (χ1n) is 9.14. The number of hydrogen-bond acceptors (Lipinski definition) is 4. The van der Waals surface area contributed by atoms with E-state index in [-0.39, 0.29) is 18.5 Å². The molecule has 0 aliphatic carbocycles. The topological polar surface area (TPSA) is 41.9 Å². The number of para-hydroxylation sites is 1. The van der Waals surface area contributed by atoms with Gasteiger partial charge in [-0.3, -0.25) is 4.90 Å². The van der Waals surface area contributed by atoms with Gasteiger partial charge in [-0.25, -0.2) is 4.39 Å². The highest BCUT2D eigenvalue weighted by Gasteiger charge is 2.22. The van der Waals surface area contributed by atoms with Gasteiger partial charge < -0.3 is 14.6 Å². The first-order chi connectivity index (χ1) is 12.7. The SMILES string of the molecule is O[C@@H](COc1ccccc1)CN(Cc1ccccc1F)C[C@H]1CCCO1. The second-order valence-electron chi connectivity index (χ2n) is 6.70. The molecule has 1 N–H and O–H groups in total. The molecule has 2 atom stereocenters. The molecule has 0 bridgehead atoms. The fourth-order valence-electron chi connectivity index (χ4n) is 3.21. The minimum absolute atomic E-state index is 0.143. The summed E-state index contributed by atoms with van der Waals surface area (Å²) in [5, 5.41) is 10.4. The molecule has 4 nitrogen and oxygen atoms in total. The van der Waals surface area contributed by atoms with E-state index in [4.69, 9.17) is 9.47 Å². The summed E-state index contributed by atoms with van der Waals surface area (Å²) in [6.07, 6.45) is 1.54. The molecular formula is C21H26FNO3. The van der Waals surface area contributed by atoms with Crippen molar-refractivity contribution in [3.05, 3.63) is 66.0 Å². The van der Waals surface area contributed by atoms with Crippen molar-refractivity contribution in [2.45, 2.75) is 31.6 Å². The Balaban J connectivity index is 1.57. The molecule has 1 saturated heterocycles. The second kappa shape index (κ2) is 9.67. The van der Waals surface area contributed by atoms with E-state index in [0.717, 1.165) is 25.2 Å². The summed E-state index contributed by atoms with van der Waals surface area (Å²) >= 11 is 0. The highest BCUT2D eigenvalue weighted by molar-refractivity contribution is 5.21. The minimum Gasteiger partial charge on any atom is -0.491 e. The first-order valence-corrected chi connectivity index (χ1v) is 9.14. The molecule has 1 aliphatic rings. The zero-order chi connectivity index (χ0) is 18.2. The molecule has 0 aromatic heterocycles. The summed E-state index contributed by atoms with van der Waals surface area (Å²) in [7, 11) is 0. The zero-order valence-electron chi connectivity index (χ0n) is 14.9. The van der Waals surface area contributed by atoms with Crippen LogP contribution in [0.1, 0.15) is 18.4 Å². The third-order valence-electron chi connectivity index (χ3n) is 4.49. The molecule has 2 aromatic carbocycles. The Labute approximate surface area is 154 Å². The smallest absolute Gasteiger partial charge is 0.127 e. The number of benzene rings is 2. The van der Waals surface area contributed by atoms with E-state index in [2.05, 4.69) is 0 Å². The molecule has 1 fully saturated rings. The van der Waals surface area contributed by atoms with E-state index in [9.17, 15) is 9.50 Å². The van der Waals surface area contributed by atoms with Crippen LogP contribution in [-0.4, -0.2) is 48.5 Å². The lowest BCUT2D eigenvalue weighted by Crippen LogP contribution is -2.39. The van der Waals surface area contributed by atoms with E-state index in [0.29, 0.717) is 25.2 Å².